The lowest BCUT2D eigenvalue weighted by atomic mass is 9.86. The number of fused-ring (bicyclic) bond motifs is 1. The van der Waals surface area contributed by atoms with E-state index < -0.39 is 11.4 Å². The van der Waals surface area contributed by atoms with Gasteiger partial charge >= 0.3 is 5.97 Å². The average Bonchev–Trinajstić information content (AvgIpc) is 3.17. The van der Waals surface area contributed by atoms with Gasteiger partial charge in [0.25, 0.3) is 11.8 Å². The maximum Gasteiger partial charge on any atom is 0.338 e. The van der Waals surface area contributed by atoms with Crippen LogP contribution in [0.15, 0.2) is 24.3 Å². The second-order valence-corrected chi connectivity index (χ2v) is 9.49. The number of nitrogens with zero attached hydrogens (tertiary/aromatic N) is 2. The monoisotopic (exact) mass is 484 g/mol. The molecule has 0 atom stereocenters. The first-order valence-electron chi connectivity index (χ1n) is 12.2. The molecule has 2 aromatic rings. The summed E-state index contributed by atoms with van der Waals surface area (Å²) in [5.74, 6) is -0.766. The summed E-state index contributed by atoms with van der Waals surface area (Å²) in [7, 11) is 1.56. The second kappa shape index (κ2) is 12.0. The average molecular weight is 485 g/mol. The zero-order valence-electron chi connectivity index (χ0n) is 21.1. The molecule has 1 aliphatic rings. The van der Waals surface area contributed by atoms with Crippen molar-refractivity contribution in [3.63, 3.8) is 0 Å². The van der Waals surface area contributed by atoms with Crippen molar-refractivity contribution in [2.24, 2.45) is 5.41 Å². The Bertz CT molecular complexity index is 1040. The molecule has 0 saturated carbocycles. The highest BCUT2D eigenvalue weighted by atomic mass is 16.5. The zero-order chi connectivity index (χ0) is 25.4. The Labute approximate surface area is 206 Å². The molecule has 35 heavy (non-hydrogen) atoms. The molecular formula is C26H36N4O5. The molecule has 0 aliphatic carbocycles. The minimum Gasteiger partial charge on any atom is -0.462 e. The second-order valence-electron chi connectivity index (χ2n) is 9.49. The van der Waals surface area contributed by atoms with Gasteiger partial charge in [-0.25, -0.2) is 4.79 Å². The van der Waals surface area contributed by atoms with Gasteiger partial charge in [-0.1, -0.05) is 13.8 Å². The number of carbonyl (C=O) groups is 3. The van der Waals surface area contributed by atoms with Crippen molar-refractivity contribution in [3.8, 4) is 0 Å². The van der Waals surface area contributed by atoms with Crippen molar-refractivity contribution in [2.45, 2.75) is 53.0 Å². The lowest BCUT2D eigenvalue weighted by molar-refractivity contribution is 0.0339. The minimum absolute atomic E-state index is 0.105. The van der Waals surface area contributed by atoms with Crippen molar-refractivity contribution in [3.05, 3.63) is 52.3 Å². The normalized spacial score (nSPS) is 14.9. The van der Waals surface area contributed by atoms with Gasteiger partial charge < -0.3 is 20.1 Å². The summed E-state index contributed by atoms with van der Waals surface area (Å²) >= 11 is 0. The molecule has 0 spiro atoms. The number of aromatic nitrogens is 2. The molecule has 0 unspecified atom stereocenters. The van der Waals surface area contributed by atoms with E-state index in [-0.39, 0.29) is 18.4 Å². The molecule has 0 bridgehead atoms. The first-order valence-corrected chi connectivity index (χ1v) is 12.2. The lowest BCUT2D eigenvalue weighted by Crippen LogP contribution is -2.28. The van der Waals surface area contributed by atoms with E-state index in [2.05, 4.69) is 10.6 Å². The van der Waals surface area contributed by atoms with Crippen LogP contribution >= 0.6 is 0 Å². The van der Waals surface area contributed by atoms with E-state index in [1.54, 1.807) is 36.0 Å². The fourth-order valence-electron chi connectivity index (χ4n) is 4.10. The highest BCUT2D eigenvalue weighted by molar-refractivity contribution is 5.96. The smallest absolute Gasteiger partial charge is 0.338 e. The van der Waals surface area contributed by atoms with E-state index in [9.17, 15) is 14.4 Å². The molecule has 2 N–H and O–H groups in total. The topological polar surface area (TPSA) is 112 Å². The van der Waals surface area contributed by atoms with E-state index in [0.29, 0.717) is 56.0 Å². The Morgan fingerprint density at radius 2 is 1.86 bits per heavy atom. The summed E-state index contributed by atoms with van der Waals surface area (Å²) in [5.41, 5.74) is 2.87. The van der Waals surface area contributed by atoms with E-state index in [1.807, 2.05) is 20.8 Å². The number of carbonyl (C=O) groups excluding carboxylic acids is 3. The van der Waals surface area contributed by atoms with E-state index in [4.69, 9.17) is 14.6 Å². The van der Waals surface area contributed by atoms with Gasteiger partial charge in [-0.3, -0.25) is 14.3 Å². The third-order valence-corrected chi connectivity index (χ3v) is 5.96. The molecule has 2 amide bonds. The minimum atomic E-state index is -0.448. The molecule has 3 rings (SSSR count). The summed E-state index contributed by atoms with van der Waals surface area (Å²) in [4.78, 5) is 37.2. The number of hydrogen-bond donors (Lipinski definition) is 2. The van der Waals surface area contributed by atoms with Crippen LogP contribution in [-0.2, 0) is 28.9 Å². The van der Waals surface area contributed by atoms with Crippen LogP contribution in [-0.4, -0.2) is 61.0 Å². The largest absolute Gasteiger partial charge is 0.462 e. The van der Waals surface area contributed by atoms with Crippen LogP contribution in [0.3, 0.4) is 0 Å². The van der Waals surface area contributed by atoms with Gasteiger partial charge in [0.1, 0.15) is 5.69 Å². The van der Waals surface area contributed by atoms with Crippen LogP contribution < -0.4 is 10.6 Å². The Hall–Kier alpha value is -3.20. The molecule has 0 radical (unpaired) electrons. The van der Waals surface area contributed by atoms with Crippen LogP contribution in [0.2, 0.25) is 0 Å². The summed E-state index contributed by atoms with van der Waals surface area (Å²) in [5, 5.41) is 10.3. The number of benzene rings is 1. The van der Waals surface area contributed by atoms with Crippen molar-refractivity contribution < 1.29 is 23.9 Å². The molecule has 9 heteroatoms. The van der Waals surface area contributed by atoms with Gasteiger partial charge in [0.05, 0.1) is 17.9 Å². The molecule has 0 fully saturated rings. The van der Waals surface area contributed by atoms with Gasteiger partial charge in [0.2, 0.25) is 0 Å². The molecule has 1 aromatic carbocycles. The fourth-order valence-corrected chi connectivity index (χ4v) is 4.10. The molecular weight excluding hydrogens is 448 g/mol. The van der Waals surface area contributed by atoms with Gasteiger partial charge in [-0.2, -0.15) is 5.10 Å². The Balaban J connectivity index is 1.73. The number of hydrogen-bond acceptors (Lipinski definition) is 6. The third kappa shape index (κ3) is 6.91. The maximum atomic E-state index is 12.9. The van der Waals surface area contributed by atoms with Crippen molar-refractivity contribution in [1.29, 1.82) is 0 Å². The predicted molar refractivity (Wildman–Crippen MR) is 132 cm³/mol. The Morgan fingerprint density at radius 3 is 2.54 bits per heavy atom. The van der Waals surface area contributed by atoms with E-state index in [0.717, 1.165) is 24.1 Å². The quantitative estimate of drug-likeness (QED) is 0.585. The van der Waals surface area contributed by atoms with Crippen molar-refractivity contribution >= 4 is 17.8 Å². The number of amides is 2. The number of esters is 1. The summed E-state index contributed by atoms with van der Waals surface area (Å²) in [6.45, 7) is 8.62. The van der Waals surface area contributed by atoms with E-state index in [1.165, 1.54) is 0 Å². The number of rotatable bonds is 7. The molecule has 9 nitrogen and oxygen atoms in total. The van der Waals surface area contributed by atoms with Crippen LogP contribution in [0, 0.1) is 5.41 Å². The van der Waals surface area contributed by atoms with Gasteiger partial charge in [-0.05, 0) is 50.5 Å². The standard InChI is InChI=1S/C26H36N4O5/c1-5-30-22-20(8-6-14-34-15-7-13-28-24(22)32)21(29-30)16-26(2,3)17-35-25(33)19-11-9-18(10-12-19)23(31)27-4/h9-12H,5-8,13-17H2,1-4H3,(H,27,31)(H,28,32). The lowest BCUT2D eigenvalue weighted by Gasteiger charge is -2.24. The number of aryl methyl sites for hydroxylation is 1. The zero-order valence-corrected chi connectivity index (χ0v) is 21.1. The third-order valence-electron chi connectivity index (χ3n) is 5.96. The first kappa shape index (κ1) is 26.4. The SMILES string of the molecule is CCn1nc(CC(C)(C)COC(=O)c2ccc(C(=O)NC)cc2)c2c1C(=O)NCCCOCCC2. The summed E-state index contributed by atoms with van der Waals surface area (Å²) in [6, 6.07) is 6.36. The summed E-state index contributed by atoms with van der Waals surface area (Å²) < 4.78 is 13.1. The van der Waals surface area contributed by atoms with Gasteiger partial charge in [0, 0.05) is 56.3 Å². The maximum absolute atomic E-state index is 12.9. The van der Waals surface area contributed by atoms with Crippen LogP contribution in [0.4, 0.5) is 0 Å². The highest BCUT2D eigenvalue weighted by Gasteiger charge is 2.29. The molecule has 2 heterocycles. The molecule has 1 aromatic heterocycles. The summed E-state index contributed by atoms with van der Waals surface area (Å²) in [6.07, 6.45) is 2.84. The predicted octanol–water partition coefficient (Wildman–Crippen LogP) is 2.77. The van der Waals surface area contributed by atoms with Gasteiger partial charge in [0.15, 0.2) is 0 Å². The Morgan fingerprint density at radius 1 is 1.17 bits per heavy atom. The van der Waals surface area contributed by atoms with Crippen LogP contribution in [0.5, 0.6) is 0 Å². The number of ether oxygens (including phenoxy) is 2. The van der Waals surface area contributed by atoms with Crippen molar-refractivity contribution in [2.75, 3.05) is 33.4 Å². The van der Waals surface area contributed by atoms with Crippen molar-refractivity contribution in [1.82, 2.24) is 20.4 Å². The van der Waals surface area contributed by atoms with Crippen LogP contribution in [0.1, 0.15) is 76.1 Å². The fraction of sp³-hybridized carbons (Fsp3) is 0.538. The van der Waals surface area contributed by atoms with Gasteiger partial charge in [-0.15, -0.1) is 0 Å². The Kier molecular flexibility index (Phi) is 9.03. The number of nitrogens with one attached hydrogen (secondary N) is 2. The van der Waals surface area contributed by atoms with E-state index >= 15 is 0 Å². The molecule has 0 saturated heterocycles. The molecule has 190 valence electrons. The molecule has 1 aliphatic heterocycles. The van der Waals surface area contributed by atoms with Crippen LogP contribution in [0.25, 0.3) is 0 Å². The first-order chi connectivity index (χ1) is 16.8. The highest BCUT2D eigenvalue weighted by Crippen LogP contribution is 2.27.